The molecule has 0 saturated heterocycles. The van der Waals surface area contributed by atoms with E-state index in [1.807, 2.05) is 0 Å². The van der Waals surface area contributed by atoms with Gasteiger partial charge in [-0.2, -0.15) is 0 Å². The average molecular weight is 200 g/mol. The average Bonchev–Trinajstić information content (AvgIpc) is 2.06. The Labute approximate surface area is 79.2 Å². The van der Waals surface area contributed by atoms with Gasteiger partial charge >= 0.3 is 0 Å². The van der Waals surface area contributed by atoms with Gasteiger partial charge in [0.2, 0.25) is 6.20 Å². The Morgan fingerprint density at radius 3 is 2.85 bits per heavy atom. The van der Waals surface area contributed by atoms with Crippen LogP contribution >= 0.6 is 11.6 Å². The molecule has 1 aromatic carbocycles. The molecule has 0 aliphatic rings. The Morgan fingerprint density at radius 2 is 2.23 bits per heavy atom. The normalized spacial score (nSPS) is 10.5. The summed E-state index contributed by atoms with van der Waals surface area (Å²) in [6, 6.07) is 4.32. The number of nitro groups is 1. The van der Waals surface area contributed by atoms with Gasteiger partial charge in [-0.3, -0.25) is 10.1 Å². The van der Waals surface area contributed by atoms with Crippen molar-refractivity contribution in [2.75, 3.05) is 0 Å². The highest BCUT2D eigenvalue weighted by Gasteiger charge is 1.99. The third kappa shape index (κ3) is 2.76. The number of hydrogen-bond acceptors (Lipinski definition) is 3. The van der Waals surface area contributed by atoms with E-state index in [1.54, 1.807) is 0 Å². The Hall–Kier alpha value is -1.55. The molecule has 0 aliphatic heterocycles. The van der Waals surface area contributed by atoms with Crippen LogP contribution in [0.4, 0.5) is 0 Å². The van der Waals surface area contributed by atoms with Crippen molar-refractivity contribution < 1.29 is 10.0 Å². The second-order valence-electron chi connectivity index (χ2n) is 2.30. The predicted molar refractivity (Wildman–Crippen MR) is 49.1 cm³/mol. The summed E-state index contributed by atoms with van der Waals surface area (Å²) in [6.07, 6.45) is 1.92. The molecule has 0 radical (unpaired) electrons. The Bertz CT molecular complexity index is 362. The third-order valence-corrected chi connectivity index (χ3v) is 1.60. The Kier molecular flexibility index (Phi) is 2.87. The van der Waals surface area contributed by atoms with Crippen LogP contribution in [0.2, 0.25) is 5.02 Å². The lowest BCUT2D eigenvalue weighted by atomic mass is 10.2. The molecule has 68 valence electrons. The lowest BCUT2D eigenvalue weighted by Crippen LogP contribution is -1.82. The lowest BCUT2D eigenvalue weighted by Gasteiger charge is -1.97. The van der Waals surface area contributed by atoms with Crippen molar-refractivity contribution in [1.29, 1.82) is 0 Å². The predicted octanol–water partition coefficient (Wildman–Crippen LogP) is 2.29. The van der Waals surface area contributed by atoms with E-state index in [9.17, 15) is 15.2 Å². The van der Waals surface area contributed by atoms with Gasteiger partial charge < -0.3 is 5.11 Å². The van der Waals surface area contributed by atoms with Crippen molar-refractivity contribution in [3.8, 4) is 5.75 Å². The molecule has 1 aromatic rings. The smallest absolute Gasteiger partial charge is 0.235 e. The summed E-state index contributed by atoms with van der Waals surface area (Å²) >= 11 is 5.62. The van der Waals surface area contributed by atoms with Crippen LogP contribution in [0.1, 0.15) is 5.56 Å². The van der Waals surface area contributed by atoms with E-state index in [4.69, 9.17) is 11.6 Å². The molecule has 0 atom stereocenters. The van der Waals surface area contributed by atoms with Gasteiger partial charge in [-0.25, -0.2) is 0 Å². The number of aromatic hydroxyl groups is 1. The second kappa shape index (κ2) is 3.91. The summed E-state index contributed by atoms with van der Waals surface area (Å²) in [6.45, 7) is 0. The van der Waals surface area contributed by atoms with E-state index in [1.165, 1.54) is 24.3 Å². The summed E-state index contributed by atoms with van der Waals surface area (Å²) in [5.41, 5.74) is 0.323. The number of halogens is 1. The van der Waals surface area contributed by atoms with Crippen molar-refractivity contribution in [2.45, 2.75) is 0 Å². The fourth-order valence-corrected chi connectivity index (χ4v) is 0.981. The number of benzene rings is 1. The minimum Gasteiger partial charge on any atom is -0.507 e. The second-order valence-corrected chi connectivity index (χ2v) is 2.74. The topological polar surface area (TPSA) is 63.4 Å². The SMILES string of the molecule is O=[N+]([O-])C=Cc1cc(Cl)ccc1O. The fourth-order valence-electron chi connectivity index (χ4n) is 0.800. The summed E-state index contributed by atoms with van der Waals surface area (Å²) in [7, 11) is 0. The van der Waals surface area contributed by atoms with Crippen LogP contribution in [-0.4, -0.2) is 10.0 Å². The van der Waals surface area contributed by atoms with Gasteiger partial charge in [0.1, 0.15) is 5.75 Å². The molecule has 0 spiro atoms. The first-order chi connectivity index (χ1) is 6.09. The molecule has 1 rings (SSSR count). The number of rotatable bonds is 2. The third-order valence-electron chi connectivity index (χ3n) is 1.37. The molecule has 0 saturated carbocycles. The van der Waals surface area contributed by atoms with E-state index in [0.717, 1.165) is 6.20 Å². The van der Waals surface area contributed by atoms with E-state index >= 15 is 0 Å². The molecule has 0 bridgehead atoms. The number of phenols is 1. The molecule has 13 heavy (non-hydrogen) atoms. The van der Waals surface area contributed by atoms with Crippen LogP contribution in [0.3, 0.4) is 0 Å². The van der Waals surface area contributed by atoms with Crippen molar-refractivity contribution in [2.24, 2.45) is 0 Å². The van der Waals surface area contributed by atoms with Crippen LogP contribution in [0.5, 0.6) is 5.75 Å². The number of phenolic OH excluding ortho intramolecular Hbond substituents is 1. The van der Waals surface area contributed by atoms with Crippen LogP contribution in [0.15, 0.2) is 24.4 Å². The molecule has 0 fully saturated rings. The molecule has 0 aliphatic carbocycles. The first-order valence-corrected chi connectivity index (χ1v) is 3.77. The van der Waals surface area contributed by atoms with E-state index < -0.39 is 4.92 Å². The summed E-state index contributed by atoms with van der Waals surface area (Å²) < 4.78 is 0. The number of hydrogen-bond donors (Lipinski definition) is 1. The lowest BCUT2D eigenvalue weighted by molar-refractivity contribution is -0.400. The van der Waals surface area contributed by atoms with Gasteiger partial charge in [0.25, 0.3) is 0 Å². The van der Waals surface area contributed by atoms with E-state index in [2.05, 4.69) is 0 Å². The highest BCUT2D eigenvalue weighted by molar-refractivity contribution is 6.30. The molecule has 1 N–H and O–H groups in total. The Morgan fingerprint density at radius 1 is 1.54 bits per heavy atom. The molecular formula is C8H6ClNO3. The maximum absolute atomic E-state index is 9.97. The first-order valence-electron chi connectivity index (χ1n) is 3.40. The molecule has 0 aromatic heterocycles. The largest absolute Gasteiger partial charge is 0.507 e. The molecule has 0 amide bonds. The molecule has 0 unspecified atom stereocenters. The minimum absolute atomic E-state index is 0.0394. The fraction of sp³-hybridized carbons (Fsp3) is 0. The van der Waals surface area contributed by atoms with Crippen LogP contribution in [-0.2, 0) is 0 Å². The van der Waals surface area contributed by atoms with Gasteiger partial charge in [-0.05, 0) is 18.2 Å². The first kappa shape index (κ1) is 9.54. The summed E-state index contributed by atoms with van der Waals surface area (Å²) in [5, 5.41) is 19.6. The zero-order valence-electron chi connectivity index (χ0n) is 6.48. The van der Waals surface area contributed by atoms with Crippen LogP contribution in [0.25, 0.3) is 6.08 Å². The van der Waals surface area contributed by atoms with E-state index in [-0.39, 0.29) is 5.75 Å². The Balaban J connectivity index is 3.00. The summed E-state index contributed by atoms with van der Waals surface area (Å²) in [5.74, 6) is -0.0394. The van der Waals surface area contributed by atoms with Gasteiger partial charge in [0, 0.05) is 16.7 Å². The van der Waals surface area contributed by atoms with E-state index in [0.29, 0.717) is 10.6 Å². The van der Waals surface area contributed by atoms with Gasteiger partial charge in [0.05, 0.1) is 4.92 Å². The highest BCUT2D eigenvalue weighted by atomic mass is 35.5. The maximum atomic E-state index is 9.97. The van der Waals surface area contributed by atoms with Gasteiger partial charge in [-0.1, -0.05) is 11.6 Å². The zero-order valence-corrected chi connectivity index (χ0v) is 7.23. The summed E-state index contributed by atoms with van der Waals surface area (Å²) in [4.78, 5) is 9.36. The standard InChI is InChI=1S/C8H6ClNO3/c9-7-1-2-8(11)6(5-7)3-4-10(12)13/h1-5,11H. The quantitative estimate of drug-likeness (QED) is 0.587. The highest BCUT2D eigenvalue weighted by Crippen LogP contribution is 2.22. The molecule has 5 heteroatoms. The monoisotopic (exact) mass is 199 g/mol. The van der Waals surface area contributed by atoms with Crippen molar-refractivity contribution in [3.05, 3.63) is 45.1 Å². The van der Waals surface area contributed by atoms with Crippen molar-refractivity contribution in [1.82, 2.24) is 0 Å². The van der Waals surface area contributed by atoms with Crippen LogP contribution in [0, 0.1) is 10.1 Å². The number of nitrogens with zero attached hydrogens (tertiary/aromatic N) is 1. The molecule has 0 heterocycles. The van der Waals surface area contributed by atoms with Crippen molar-refractivity contribution >= 4 is 17.7 Å². The van der Waals surface area contributed by atoms with Crippen LogP contribution < -0.4 is 0 Å². The maximum Gasteiger partial charge on any atom is 0.235 e. The van der Waals surface area contributed by atoms with Gasteiger partial charge in [-0.15, -0.1) is 0 Å². The molecule has 4 nitrogen and oxygen atoms in total. The molecular weight excluding hydrogens is 194 g/mol. The minimum atomic E-state index is -0.611. The zero-order chi connectivity index (χ0) is 9.84. The van der Waals surface area contributed by atoms with Gasteiger partial charge in [0.15, 0.2) is 0 Å². The van der Waals surface area contributed by atoms with Crippen molar-refractivity contribution in [3.63, 3.8) is 0 Å².